The van der Waals surface area contributed by atoms with E-state index in [1.54, 1.807) is 24.8 Å². The quantitative estimate of drug-likeness (QED) is 0.817. The molecule has 0 saturated carbocycles. The van der Waals surface area contributed by atoms with Gasteiger partial charge in [-0.25, -0.2) is 4.39 Å². The Kier molecular flexibility index (Phi) is 5.02. The van der Waals surface area contributed by atoms with Crippen molar-refractivity contribution in [3.8, 4) is 0 Å². The van der Waals surface area contributed by atoms with Gasteiger partial charge in [-0.05, 0) is 52.2 Å². The van der Waals surface area contributed by atoms with E-state index in [9.17, 15) is 4.39 Å². The zero-order chi connectivity index (χ0) is 13.8. The number of aryl methyl sites for hydroxylation is 1. The lowest BCUT2D eigenvalue weighted by Gasteiger charge is -2.13. The van der Waals surface area contributed by atoms with Crippen LogP contribution < -0.4 is 5.73 Å². The number of hydrogen-bond donors (Lipinski definition) is 1. The molecule has 0 aliphatic rings. The Balaban J connectivity index is 2.03. The van der Waals surface area contributed by atoms with Crippen LogP contribution in [0.15, 0.2) is 51.8 Å². The minimum Gasteiger partial charge on any atom is -0.323 e. The largest absolute Gasteiger partial charge is 0.323 e. The van der Waals surface area contributed by atoms with E-state index in [1.165, 1.54) is 6.07 Å². The van der Waals surface area contributed by atoms with E-state index in [0.29, 0.717) is 5.56 Å². The highest BCUT2D eigenvalue weighted by molar-refractivity contribution is 9.10. The Morgan fingerprint density at radius 1 is 1.26 bits per heavy atom. The Morgan fingerprint density at radius 2 is 2.00 bits per heavy atom. The highest BCUT2D eigenvalue weighted by atomic mass is 79.9. The second-order valence-electron chi connectivity index (χ2n) is 4.36. The average molecular weight is 340 g/mol. The summed E-state index contributed by atoms with van der Waals surface area (Å²) in [5.41, 5.74) is 7.76. The van der Waals surface area contributed by atoms with Crippen LogP contribution in [0.4, 0.5) is 4.39 Å². The third-order valence-corrected chi connectivity index (χ3v) is 5.01. The molecule has 1 nitrogen and oxygen atoms in total. The van der Waals surface area contributed by atoms with Crippen molar-refractivity contribution in [1.82, 2.24) is 0 Å². The van der Waals surface area contributed by atoms with Crippen molar-refractivity contribution in [3.05, 3.63) is 63.9 Å². The minimum atomic E-state index is -0.186. The van der Waals surface area contributed by atoms with Crippen molar-refractivity contribution in [2.75, 3.05) is 5.75 Å². The maximum absolute atomic E-state index is 13.2. The fourth-order valence-electron chi connectivity index (χ4n) is 1.74. The molecule has 0 bridgehead atoms. The summed E-state index contributed by atoms with van der Waals surface area (Å²) in [5, 5.41) is 0. The maximum Gasteiger partial charge on any atom is 0.126 e. The fourth-order valence-corrected chi connectivity index (χ4v) is 3.30. The first-order valence-electron chi connectivity index (χ1n) is 5.97. The maximum atomic E-state index is 13.2. The molecule has 0 radical (unpaired) electrons. The van der Waals surface area contributed by atoms with E-state index in [0.717, 1.165) is 20.7 Å². The minimum absolute atomic E-state index is 0.101. The lowest BCUT2D eigenvalue weighted by atomic mass is 10.1. The standard InChI is InChI=1S/C15H15BrFNS/c1-10-8-11(6-7-13(10)17)14(18)9-19-15-5-3-2-4-12(15)16/h2-8,14H,9,18H2,1H3. The lowest BCUT2D eigenvalue weighted by Crippen LogP contribution is -2.13. The highest BCUT2D eigenvalue weighted by Gasteiger charge is 2.09. The number of benzene rings is 2. The molecule has 1 atom stereocenters. The van der Waals surface area contributed by atoms with Gasteiger partial charge in [-0.15, -0.1) is 11.8 Å². The van der Waals surface area contributed by atoms with E-state index in [1.807, 2.05) is 24.3 Å². The van der Waals surface area contributed by atoms with Gasteiger partial charge in [0.15, 0.2) is 0 Å². The third kappa shape index (κ3) is 3.81. The molecule has 1 unspecified atom stereocenters. The molecule has 0 fully saturated rings. The molecule has 2 aromatic rings. The van der Waals surface area contributed by atoms with Crippen molar-refractivity contribution in [2.45, 2.75) is 17.9 Å². The van der Waals surface area contributed by atoms with Crippen LogP contribution in [0.1, 0.15) is 17.2 Å². The summed E-state index contributed by atoms with van der Waals surface area (Å²) >= 11 is 5.21. The van der Waals surface area contributed by atoms with Crippen molar-refractivity contribution >= 4 is 27.7 Å². The monoisotopic (exact) mass is 339 g/mol. The summed E-state index contributed by atoms with van der Waals surface area (Å²) in [4.78, 5) is 1.16. The summed E-state index contributed by atoms with van der Waals surface area (Å²) < 4.78 is 14.3. The Labute approximate surface area is 125 Å². The van der Waals surface area contributed by atoms with Crippen molar-refractivity contribution in [3.63, 3.8) is 0 Å². The van der Waals surface area contributed by atoms with Crippen LogP contribution in [0.5, 0.6) is 0 Å². The van der Waals surface area contributed by atoms with Gasteiger partial charge in [0.05, 0.1) is 0 Å². The molecule has 0 aliphatic carbocycles. The van der Waals surface area contributed by atoms with Crippen molar-refractivity contribution < 1.29 is 4.39 Å². The van der Waals surface area contributed by atoms with Gasteiger partial charge in [-0.1, -0.05) is 24.3 Å². The first kappa shape index (κ1) is 14.6. The van der Waals surface area contributed by atoms with Crippen LogP contribution in [0.3, 0.4) is 0 Å². The molecule has 0 spiro atoms. The third-order valence-electron chi connectivity index (χ3n) is 2.87. The first-order chi connectivity index (χ1) is 9.08. The Morgan fingerprint density at radius 3 is 2.68 bits per heavy atom. The summed E-state index contributed by atoms with van der Waals surface area (Å²) in [5.74, 6) is 0.572. The molecule has 0 amide bonds. The Hall–Kier alpha value is -0.840. The summed E-state index contributed by atoms with van der Waals surface area (Å²) in [6.07, 6.45) is 0. The van der Waals surface area contributed by atoms with E-state index in [4.69, 9.17) is 5.73 Å². The van der Waals surface area contributed by atoms with Crippen LogP contribution in [0.2, 0.25) is 0 Å². The van der Waals surface area contributed by atoms with Gasteiger partial charge < -0.3 is 5.73 Å². The van der Waals surface area contributed by atoms with Crippen LogP contribution in [-0.4, -0.2) is 5.75 Å². The normalized spacial score (nSPS) is 12.4. The van der Waals surface area contributed by atoms with Crippen LogP contribution in [0.25, 0.3) is 0 Å². The summed E-state index contributed by atoms with van der Waals surface area (Å²) in [6.45, 7) is 1.76. The summed E-state index contributed by atoms with van der Waals surface area (Å²) in [7, 11) is 0. The van der Waals surface area contributed by atoms with Gasteiger partial charge in [0.25, 0.3) is 0 Å². The molecule has 2 N–H and O–H groups in total. The van der Waals surface area contributed by atoms with Gasteiger partial charge in [0.1, 0.15) is 5.82 Å². The highest BCUT2D eigenvalue weighted by Crippen LogP contribution is 2.29. The zero-order valence-electron chi connectivity index (χ0n) is 10.6. The molecular weight excluding hydrogens is 325 g/mol. The molecule has 0 aliphatic heterocycles. The zero-order valence-corrected chi connectivity index (χ0v) is 13.0. The lowest BCUT2D eigenvalue weighted by molar-refractivity contribution is 0.616. The number of rotatable bonds is 4. The molecular formula is C15H15BrFNS. The molecule has 0 saturated heterocycles. The molecule has 2 rings (SSSR count). The van der Waals surface area contributed by atoms with Gasteiger partial charge in [-0.3, -0.25) is 0 Å². The van der Waals surface area contributed by atoms with Gasteiger partial charge >= 0.3 is 0 Å². The number of nitrogens with two attached hydrogens (primary N) is 1. The van der Waals surface area contributed by atoms with E-state index < -0.39 is 0 Å². The van der Waals surface area contributed by atoms with E-state index in [-0.39, 0.29) is 11.9 Å². The number of hydrogen-bond acceptors (Lipinski definition) is 2. The Bertz CT molecular complexity index is 574. The molecule has 19 heavy (non-hydrogen) atoms. The van der Waals surface area contributed by atoms with E-state index >= 15 is 0 Å². The van der Waals surface area contributed by atoms with Crippen molar-refractivity contribution in [1.29, 1.82) is 0 Å². The second kappa shape index (κ2) is 6.55. The van der Waals surface area contributed by atoms with E-state index in [2.05, 4.69) is 22.0 Å². The first-order valence-corrected chi connectivity index (χ1v) is 7.75. The average Bonchev–Trinajstić information content (AvgIpc) is 2.40. The smallest absolute Gasteiger partial charge is 0.126 e. The van der Waals surface area contributed by atoms with Crippen LogP contribution >= 0.6 is 27.7 Å². The van der Waals surface area contributed by atoms with Crippen LogP contribution in [0, 0.1) is 12.7 Å². The predicted octanol–water partition coefficient (Wildman–Crippen LogP) is 4.69. The molecule has 2 aromatic carbocycles. The molecule has 0 aromatic heterocycles. The van der Waals surface area contributed by atoms with Gasteiger partial charge in [-0.2, -0.15) is 0 Å². The van der Waals surface area contributed by atoms with Crippen LogP contribution in [-0.2, 0) is 0 Å². The number of thioether (sulfide) groups is 1. The topological polar surface area (TPSA) is 26.0 Å². The molecule has 100 valence electrons. The van der Waals surface area contributed by atoms with Gasteiger partial charge in [0, 0.05) is 21.2 Å². The molecule has 0 heterocycles. The predicted molar refractivity (Wildman–Crippen MR) is 82.9 cm³/mol. The SMILES string of the molecule is Cc1cc(C(N)CSc2ccccc2Br)ccc1F. The number of halogens is 2. The fraction of sp³-hybridized carbons (Fsp3) is 0.200. The van der Waals surface area contributed by atoms with Gasteiger partial charge in [0.2, 0.25) is 0 Å². The second-order valence-corrected chi connectivity index (χ2v) is 6.27. The molecule has 4 heteroatoms. The van der Waals surface area contributed by atoms with Crippen molar-refractivity contribution in [2.24, 2.45) is 5.73 Å². The summed E-state index contributed by atoms with van der Waals surface area (Å²) in [6, 6.07) is 13.0.